The van der Waals surface area contributed by atoms with E-state index in [4.69, 9.17) is 9.47 Å². The van der Waals surface area contributed by atoms with Crippen molar-refractivity contribution in [2.24, 2.45) is 7.05 Å². The first kappa shape index (κ1) is 34.3. The van der Waals surface area contributed by atoms with E-state index in [2.05, 4.69) is 10.3 Å². The average molecular weight is 696 g/mol. The Kier molecular flexibility index (Phi) is 10.4. The molecule has 0 spiro atoms. The number of thioether (sulfide) groups is 1. The molecule has 1 aliphatic heterocycles. The fourth-order valence-corrected chi connectivity index (χ4v) is 6.40. The third kappa shape index (κ3) is 7.54. The van der Waals surface area contributed by atoms with Gasteiger partial charge in [-0.1, -0.05) is 78.5 Å². The molecule has 2 heterocycles. The molecule has 1 amide bonds. The first-order chi connectivity index (χ1) is 23.6. The van der Waals surface area contributed by atoms with E-state index in [9.17, 15) is 31.9 Å². The third-order valence-corrected chi connectivity index (χ3v) is 9.31. The molecule has 0 saturated carbocycles. The molecule has 6 rings (SSSR count). The van der Waals surface area contributed by atoms with Gasteiger partial charge in [0.25, 0.3) is 5.91 Å². The number of nitrogens with one attached hydrogen (secondary N) is 1. The van der Waals surface area contributed by atoms with Crippen molar-refractivity contribution in [2.45, 2.75) is 43.2 Å². The fourth-order valence-electron chi connectivity index (χ4n) is 5.45. The third-order valence-electron chi connectivity index (χ3n) is 8.12. The molecule has 4 aromatic carbocycles. The predicted octanol–water partition coefficient (Wildman–Crippen LogP) is 7.54. The molecule has 13 heteroatoms. The van der Waals surface area contributed by atoms with E-state index in [1.54, 1.807) is 36.2 Å². The smallest absolute Gasteiger partial charge is 0.257 e. The lowest BCUT2D eigenvalue weighted by Gasteiger charge is -2.36. The predicted molar refractivity (Wildman–Crippen MR) is 172 cm³/mol. The highest BCUT2D eigenvalue weighted by molar-refractivity contribution is 7.99. The second kappa shape index (κ2) is 14.9. The number of amides is 1. The van der Waals surface area contributed by atoms with Crippen molar-refractivity contribution in [2.75, 3.05) is 5.75 Å². The summed E-state index contributed by atoms with van der Waals surface area (Å²) in [4.78, 5) is 16.8. The standard InChI is InChI=1S/C36H30F5N3O4S/c1-44-14-13-42-36(44)49-19-26-16-27(23-7-5-20(18-45)6-8-23)48-35(47-26)24-11-9-22(10-12-24)25-4-2-3-21(15-25)17-43-34(46)28-29(37)31(39)33(41)32(40)30(28)38/h2-15,26-27,35,45H,16-19H2,1H3,(H,43,46)/t26-,27+,35+/m1/s1. The van der Waals surface area contributed by atoms with Crippen LogP contribution in [0, 0.1) is 29.1 Å². The van der Waals surface area contributed by atoms with Crippen LogP contribution in [0.1, 0.15) is 51.4 Å². The fraction of sp³-hybridized carbons (Fsp3) is 0.222. The molecule has 0 bridgehead atoms. The number of rotatable bonds is 10. The van der Waals surface area contributed by atoms with Crippen molar-refractivity contribution >= 4 is 17.7 Å². The van der Waals surface area contributed by atoms with Crippen molar-refractivity contribution in [3.63, 3.8) is 0 Å². The van der Waals surface area contributed by atoms with Crippen molar-refractivity contribution in [1.82, 2.24) is 14.9 Å². The molecular weight excluding hydrogens is 665 g/mol. The second-order valence-electron chi connectivity index (χ2n) is 11.4. The molecule has 1 fully saturated rings. The largest absolute Gasteiger partial charge is 0.392 e. The highest BCUT2D eigenvalue weighted by Crippen LogP contribution is 2.40. The van der Waals surface area contributed by atoms with E-state index < -0.39 is 46.8 Å². The van der Waals surface area contributed by atoms with Crippen LogP contribution in [-0.4, -0.2) is 32.4 Å². The number of carbonyl (C=O) groups is 1. The molecule has 49 heavy (non-hydrogen) atoms. The zero-order valence-corrected chi connectivity index (χ0v) is 26.8. The number of carbonyl (C=O) groups excluding carboxylic acids is 1. The van der Waals surface area contributed by atoms with Crippen LogP contribution in [0.4, 0.5) is 22.0 Å². The van der Waals surface area contributed by atoms with Gasteiger partial charge in [0.05, 0.1) is 18.8 Å². The van der Waals surface area contributed by atoms with E-state index in [1.807, 2.05) is 72.4 Å². The highest BCUT2D eigenvalue weighted by atomic mass is 32.2. The molecule has 0 unspecified atom stereocenters. The molecule has 1 saturated heterocycles. The molecule has 2 N–H and O–H groups in total. The Balaban J connectivity index is 1.16. The minimum Gasteiger partial charge on any atom is -0.392 e. The van der Waals surface area contributed by atoms with E-state index in [0.717, 1.165) is 33.0 Å². The Morgan fingerprint density at radius 2 is 1.55 bits per heavy atom. The van der Waals surface area contributed by atoms with Gasteiger partial charge in [-0.3, -0.25) is 4.79 Å². The van der Waals surface area contributed by atoms with Gasteiger partial charge in [-0.15, -0.1) is 0 Å². The Bertz CT molecular complexity index is 1930. The van der Waals surface area contributed by atoms with Crippen molar-refractivity contribution in [3.8, 4) is 11.1 Å². The summed E-state index contributed by atoms with van der Waals surface area (Å²) in [6.07, 6.45) is 3.18. The van der Waals surface area contributed by atoms with E-state index in [0.29, 0.717) is 17.7 Å². The van der Waals surface area contributed by atoms with Crippen LogP contribution in [0.5, 0.6) is 0 Å². The van der Waals surface area contributed by atoms with Crippen LogP contribution in [-0.2, 0) is 29.7 Å². The zero-order chi connectivity index (χ0) is 34.7. The molecule has 0 aliphatic carbocycles. The van der Waals surface area contributed by atoms with Gasteiger partial charge >= 0.3 is 0 Å². The number of aromatic nitrogens is 2. The number of imidazole rings is 1. The lowest BCUT2D eigenvalue weighted by molar-refractivity contribution is -0.245. The summed E-state index contributed by atoms with van der Waals surface area (Å²) in [5.41, 5.74) is 3.12. The number of hydrogen-bond donors (Lipinski definition) is 2. The van der Waals surface area contributed by atoms with Gasteiger partial charge in [-0.25, -0.2) is 26.9 Å². The molecular formula is C36H30F5N3O4S. The van der Waals surface area contributed by atoms with E-state index >= 15 is 0 Å². The lowest BCUT2D eigenvalue weighted by atomic mass is 9.99. The Labute approximate surface area is 282 Å². The molecule has 3 atom stereocenters. The normalized spacial score (nSPS) is 17.7. The maximum Gasteiger partial charge on any atom is 0.257 e. The number of ether oxygens (including phenoxy) is 2. The number of aliphatic hydroxyl groups is 1. The number of aryl methyl sites for hydroxylation is 1. The average Bonchev–Trinajstić information content (AvgIpc) is 3.55. The number of hydrogen-bond acceptors (Lipinski definition) is 6. The van der Waals surface area contributed by atoms with Gasteiger partial charge in [0, 0.05) is 43.7 Å². The monoisotopic (exact) mass is 695 g/mol. The van der Waals surface area contributed by atoms with Gasteiger partial charge in [0.15, 0.2) is 34.7 Å². The lowest BCUT2D eigenvalue weighted by Crippen LogP contribution is -2.31. The van der Waals surface area contributed by atoms with Gasteiger partial charge < -0.3 is 24.5 Å². The van der Waals surface area contributed by atoms with Crippen molar-refractivity contribution in [3.05, 3.63) is 142 Å². The maximum absolute atomic E-state index is 14.1. The summed E-state index contributed by atoms with van der Waals surface area (Å²) < 4.78 is 83.5. The van der Waals surface area contributed by atoms with E-state index in [-0.39, 0.29) is 25.4 Å². The zero-order valence-electron chi connectivity index (χ0n) is 26.0. The van der Waals surface area contributed by atoms with Crippen LogP contribution < -0.4 is 5.32 Å². The van der Waals surface area contributed by atoms with Crippen LogP contribution in [0.3, 0.4) is 0 Å². The Morgan fingerprint density at radius 1 is 0.878 bits per heavy atom. The first-order valence-electron chi connectivity index (χ1n) is 15.2. The molecule has 5 aromatic rings. The van der Waals surface area contributed by atoms with Crippen LogP contribution in [0.2, 0.25) is 0 Å². The van der Waals surface area contributed by atoms with Crippen LogP contribution in [0.25, 0.3) is 11.1 Å². The summed E-state index contributed by atoms with van der Waals surface area (Å²) in [5.74, 6) is -11.9. The molecule has 1 aromatic heterocycles. The Hall–Kier alpha value is -4.56. The Morgan fingerprint density at radius 3 is 2.20 bits per heavy atom. The van der Waals surface area contributed by atoms with Gasteiger partial charge in [0.2, 0.25) is 5.82 Å². The summed E-state index contributed by atoms with van der Waals surface area (Å²) >= 11 is 1.60. The maximum atomic E-state index is 14.1. The van der Waals surface area contributed by atoms with Crippen molar-refractivity contribution in [1.29, 1.82) is 0 Å². The molecule has 1 aliphatic rings. The number of nitrogens with zero attached hydrogens (tertiary/aromatic N) is 2. The topological polar surface area (TPSA) is 85.6 Å². The van der Waals surface area contributed by atoms with E-state index in [1.165, 1.54) is 0 Å². The second-order valence-corrected chi connectivity index (χ2v) is 12.4. The summed E-state index contributed by atoms with van der Waals surface area (Å²) in [6.45, 7) is -0.283. The molecule has 7 nitrogen and oxygen atoms in total. The quantitative estimate of drug-likeness (QED) is 0.0680. The highest BCUT2D eigenvalue weighted by Gasteiger charge is 2.33. The first-order valence-corrected chi connectivity index (χ1v) is 16.2. The SMILES string of the molecule is Cn1ccnc1SC[C@H]1C[C@@H](c2ccc(CO)cc2)O[C@@H](c2ccc(-c3cccc(CNC(=O)c4c(F)c(F)c(F)c(F)c4F)c3)cc2)O1. The summed E-state index contributed by atoms with van der Waals surface area (Å²) in [5, 5.41) is 12.6. The van der Waals surface area contributed by atoms with Crippen molar-refractivity contribution < 1.29 is 41.3 Å². The summed E-state index contributed by atoms with van der Waals surface area (Å²) in [6, 6.07) is 22.1. The minimum atomic E-state index is -2.33. The van der Waals surface area contributed by atoms with Gasteiger partial charge in [0.1, 0.15) is 5.56 Å². The number of aliphatic hydroxyl groups excluding tert-OH is 1. The number of benzene rings is 4. The molecule has 0 radical (unpaired) electrons. The van der Waals surface area contributed by atoms with Gasteiger partial charge in [-0.05, 0) is 33.9 Å². The minimum absolute atomic E-state index is 0.0528. The molecule has 254 valence electrons. The summed E-state index contributed by atoms with van der Waals surface area (Å²) in [7, 11) is 1.93. The van der Waals surface area contributed by atoms with Crippen LogP contribution >= 0.6 is 11.8 Å². The van der Waals surface area contributed by atoms with Gasteiger partial charge in [-0.2, -0.15) is 0 Å². The van der Waals surface area contributed by atoms with Crippen LogP contribution in [0.15, 0.2) is 90.3 Å². The number of halogens is 5.